The molecule has 0 fully saturated rings. The Morgan fingerprint density at radius 1 is 0.661 bits per heavy atom. The molecular weight excluding hydrogens is 828 g/mol. The van der Waals surface area contributed by atoms with E-state index < -0.39 is 33.5 Å². The van der Waals surface area contributed by atoms with E-state index in [1.807, 2.05) is 6.07 Å². The van der Waals surface area contributed by atoms with Crippen molar-refractivity contribution in [2.45, 2.75) is 49.0 Å². The van der Waals surface area contributed by atoms with Gasteiger partial charge in [-0.05, 0) is 58.0 Å². The fraction of sp³-hybridized carbons (Fsp3) is 0.306. The topological polar surface area (TPSA) is 224 Å². The standard InChI is InChI=1S/C11H10ClNO5.C11H10ClNO2.C6H4ClNO2.C6H10O4.2CH4.K.H/c1-2-18-11(15)10(14)5-7-3-4-8(12)6-9(7)13(16)17;1-2-15-11(14)10-5-7-3-4-8(12)6-9(7)13-10;7-5-2-1-3-6(4-5)8(9)10;1-3-9-5(7)6(8)10-4-2;;;;/h3-4,6H,2,5H2,1H3;3-6,13H,2H2,1H3;1-4H;3-4H2,1-2H3;2*1H4;;/q;;;;;;+1;-1. The fourth-order valence-electron chi connectivity index (χ4n) is 3.70. The third-order valence-corrected chi connectivity index (χ3v) is 6.62. The molecule has 1 heterocycles. The van der Waals surface area contributed by atoms with E-state index in [1.54, 1.807) is 58.0 Å². The summed E-state index contributed by atoms with van der Waals surface area (Å²) in [5.74, 6) is -4.03. The number of hydrogen-bond acceptors (Lipinski definition) is 13. The predicted octanol–water partition coefficient (Wildman–Crippen LogP) is 5.67. The van der Waals surface area contributed by atoms with E-state index >= 15 is 0 Å². The molecule has 20 heteroatoms. The van der Waals surface area contributed by atoms with Gasteiger partial charge in [-0.3, -0.25) is 25.0 Å². The van der Waals surface area contributed by atoms with E-state index in [0.717, 1.165) is 17.0 Å². The Morgan fingerprint density at radius 3 is 1.64 bits per heavy atom. The van der Waals surface area contributed by atoms with Crippen molar-refractivity contribution in [1.82, 2.24) is 4.98 Å². The van der Waals surface area contributed by atoms with Gasteiger partial charge in [0.1, 0.15) is 5.69 Å². The Hall–Kier alpha value is -3.94. The minimum Gasteiger partial charge on any atom is -1.00 e. The maximum atomic E-state index is 11.4. The number of fused-ring (bicyclic) bond motifs is 1. The quantitative estimate of drug-likeness (QED) is 0.0507. The summed E-state index contributed by atoms with van der Waals surface area (Å²) in [6.07, 6.45) is -0.383. The molecule has 4 aromatic rings. The van der Waals surface area contributed by atoms with Crippen molar-refractivity contribution >= 4 is 86.7 Å². The van der Waals surface area contributed by atoms with E-state index in [-0.39, 0.29) is 122 Å². The predicted molar refractivity (Wildman–Crippen MR) is 209 cm³/mol. The van der Waals surface area contributed by atoms with Gasteiger partial charge in [0.15, 0.2) is 0 Å². The molecule has 0 bridgehead atoms. The number of aromatic amines is 1. The first kappa shape index (κ1) is 56.4. The molecule has 1 aromatic heterocycles. The Labute approximate surface area is 382 Å². The van der Waals surface area contributed by atoms with Crippen LogP contribution >= 0.6 is 34.8 Å². The summed E-state index contributed by atoms with van der Waals surface area (Å²) in [7, 11) is 0. The van der Waals surface area contributed by atoms with Crippen LogP contribution in [0.15, 0.2) is 66.7 Å². The van der Waals surface area contributed by atoms with Crippen LogP contribution in [0.5, 0.6) is 0 Å². The second-order valence-electron chi connectivity index (χ2n) is 9.66. The molecule has 16 nitrogen and oxygen atoms in total. The third kappa shape index (κ3) is 20.8. The first-order valence-electron chi connectivity index (χ1n) is 15.4. The first-order chi connectivity index (χ1) is 25.1. The molecule has 4 rings (SSSR count). The Balaban J connectivity index is -0.000000330. The molecule has 3 aromatic carbocycles. The number of esters is 4. The number of non-ortho nitro benzene ring substituents is 1. The monoisotopic (exact) mass is 869 g/mol. The van der Waals surface area contributed by atoms with Crippen molar-refractivity contribution in [3.63, 3.8) is 0 Å². The molecule has 56 heavy (non-hydrogen) atoms. The van der Waals surface area contributed by atoms with Crippen molar-refractivity contribution in [3.05, 3.63) is 113 Å². The van der Waals surface area contributed by atoms with E-state index in [9.17, 15) is 44.2 Å². The number of nitrogens with zero attached hydrogens (tertiary/aromatic N) is 2. The van der Waals surface area contributed by atoms with Gasteiger partial charge < -0.3 is 25.4 Å². The van der Waals surface area contributed by atoms with Gasteiger partial charge in [-0.15, -0.1) is 0 Å². The number of nitrogens with one attached hydrogen (secondary N) is 1. The van der Waals surface area contributed by atoms with Crippen LogP contribution in [0.4, 0.5) is 11.4 Å². The minimum absolute atomic E-state index is 0. The summed E-state index contributed by atoms with van der Waals surface area (Å²) in [6, 6.07) is 16.9. The van der Waals surface area contributed by atoms with Gasteiger partial charge in [-0.25, -0.2) is 19.2 Å². The second-order valence-corrected chi connectivity index (χ2v) is 11.0. The zero-order valence-corrected chi connectivity index (χ0v) is 35.1. The van der Waals surface area contributed by atoms with Gasteiger partial charge >= 0.3 is 75.3 Å². The van der Waals surface area contributed by atoms with Crippen molar-refractivity contribution in [2.24, 2.45) is 0 Å². The Kier molecular flexibility index (Phi) is 30.4. The van der Waals surface area contributed by atoms with E-state index in [4.69, 9.17) is 39.5 Å². The maximum Gasteiger partial charge on any atom is 1.00 e. The summed E-state index contributed by atoms with van der Waals surface area (Å²) < 4.78 is 18.1. The summed E-state index contributed by atoms with van der Waals surface area (Å²) in [5, 5.41) is 23.0. The van der Waals surface area contributed by atoms with Crippen LogP contribution in [0.2, 0.25) is 15.1 Å². The van der Waals surface area contributed by atoms with Crippen LogP contribution in [0, 0.1) is 20.2 Å². The van der Waals surface area contributed by atoms with Crippen molar-refractivity contribution in [3.8, 4) is 0 Å². The van der Waals surface area contributed by atoms with Crippen LogP contribution in [0.3, 0.4) is 0 Å². The summed E-state index contributed by atoms with van der Waals surface area (Å²) in [6.45, 7) is 7.42. The number of H-pyrrole nitrogens is 1. The number of rotatable bonds is 10. The fourth-order valence-corrected chi connectivity index (χ4v) is 4.22. The molecule has 0 aliphatic carbocycles. The summed E-state index contributed by atoms with van der Waals surface area (Å²) >= 11 is 16.9. The van der Waals surface area contributed by atoms with E-state index in [0.29, 0.717) is 22.3 Å². The summed E-state index contributed by atoms with van der Waals surface area (Å²) in [4.78, 5) is 77.5. The van der Waals surface area contributed by atoms with Gasteiger partial charge in [0.2, 0.25) is 5.78 Å². The number of ketones is 1. The van der Waals surface area contributed by atoms with Crippen LogP contribution < -0.4 is 51.4 Å². The first-order valence-corrected chi connectivity index (χ1v) is 16.5. The molecule has 0 spiro atoms. The number of nitro benzene ring substituents is 2. The molecule has 0 aliphatic heterocycles. The normalized spacial score (nSPS) is 9.20. The number of aromatic nitrogens is 1. The van der Waals surface area contributed by atoms with Gasteiger partial charge in [0, 0.05) is 56.2 Å². The van der Waals surface area contributed by atoms with Crippen molar-refractivity contribution in [2.75, 3.05) is 26.4 Å². The number of halogens is 3. The number of nitro groups is 2. The molecule has 0 saturated carbocycles. The van der Waals surface area contributed by atoms with Crippen molar-refractivity contribution < 1.29 is 106 Å². The Bertz CT molecular complexity index is 1910. The smallest absolute Gasteiger partial charge is 1.00 e. The molecule has 0 amide bonds. The number of Topliss-reactive ketones (excluding diaryl/α,β-unsaturated/α-hetero) is 1. The molecule has 1 N–H and O–H groups in total. The van der Waals surface area contributed by atoms with Crippen molar-refractivity contribution in [1.29, 1.82) is 0 Å². The number of carbonyl (C=O) groups is 5. The molecule has 302 valence electrons. The number of ether oxygens (including phenoxy) is 4. The molecule has 0 unspecified atom stereocenters. The molecule has 0 atom stereocenters. The zero-order chi connectivity index (χ0) is 40.1. The minimum atomic E-state index is -0.998. The number of benzene rings is 3. The van der Waals surface area contributed by atoms with E-state index in [1.165, 1.54) is 24.3 Å². The Morgan fingerprint density at radius 2 is 1.16 bits per heavy atom. The zero-order valence-electron chi connectivity index (χ0n) is 30.7. The average Bonchev–Trinajstić information content (AvgIpc) is 3.54. The number of hydrogen-bond donors (Lipinski definition) is 1. The van der Waals surface area contributed by atoms with Gasteiger partial charge in [-0.2, -0.15) is 0 Å². The van der Waals surface area contributed by atoms with Crippen LogP contribution in [0.1, 0.15) is 60.0 Å². The van der Waals surface area contributed by atoms with Crippen LogP contribution in [-0.4, -0.2) is 70.9 Å². The van der Waals surface area contributed by atoms with Gasteiger partial charge in [-0.1, -0.05) is 67.9 Å². The van der Waals surface area contributed by atoms with Crippen LogP contribution in [-0.2, 0) is 44.5 Å². The average molecular weight is 871 g/mol. The van der Waals surface area contributed by atoms with Gasteiger partial charge in [0.05, 0.1) is 36.3 Å². The number of carbonyl (C=O) groups excluding carboxylic acids is 5. The largest absolute Gasteiger partial charge is 1.00 e. The molecular formula is C36H43Cl3KN3O13. The summed E-state index contributed by atoms with van der Waals surface area (Å²) in [5.41, 5.74) is 1.15. The van der Waals surface area contributed by atoms with E-state index in [2.05, 4.69) is 19.2 Å². The third-order valence-electron chi connectivity index (χ3n) is 5.91. The molecule has 0 radical (unpaired) electrons. The van der Waals surface area contributed by atoms with Gasteiger partial charge in [0.25, 0.3) is 11.4 Å². The molecule has 0 saturated heterocycles. The molecule has 0 aliphatic rings. The second kappa shape index (κ2) is 30.2. The maximum absolute atomic E-state index is 11.4. The SMILES string of the molecule is C.C.CCOC(=O)C(=O)Cc1ccc(Cl)cc1[N+](=O)[O-].CCOC(=O)C(=O)OCC.CCOC(=O)c1cc2ccc(Cl)cc2[nH]1.O=[N+]([O-])c1cccc(Cl)c1.[H-].[K+]. The van der Waals surface area contributed by atoms with Crippen LogP contribution in [0.25, 0.3) is 10.9 Å².